The molecule has 9 nitrogen and oxygen atoms in total. The molecule has 40 heavy (non-hydrogen) atoms. The number of hydrogen-bond donors (Lipinski definition) is 5. The monoisotopic (exact) mass is 553 g/mol. The van der Waals surface area contributed by atoms with Crippen LogP contribution in [0, 0.1) is 23.0 Å². The second kappa shape index (κ2) is 12.6. The molecule has 4 rings (SSSR count). The standard InChI is InChI=1S/C29H33F2N5O4/c1-2-20(34-26(37)25-22(27(38)39)16-33-28(40)35-25)15-24(21-9-8-19(30)14-23(21)31)36-12-10-29(17-32,11-13-36)18-6-4-3-5-7-18/h3-9,14,20,24,28,33,35,40H,2,10-13,15-16H2,1H3,(H,34,37)(H,38,39). The molecule has 0 bridgehead atoms. The predicted octanol–water partition coefficient (Wildman–Crippen LogP) is 2.66. The van der Waals surface area contributed by atoms with Crippen LogP contribution in [0.2, 0.25) is 0 Å². The van der Waals surface area contributed by atoms with Gasteiger partial charge in [0, 0.05) is 43.3 Å². The number of nitrogens with zero attached hydrogens (tertiary/aromatic N) is 2. The van der Waals surface area contributed by atoms with Gasteiger partial charge >= 0.3 is 5.97 Å². The van der Waals surface area contributed by atoms with Gasteiger partial charge in [0.2, 0.25) is 0 Å². The van der Waals surface area contributed by atoms with Crippen LogP contribution < -0.4 is 16.0 Å². The second-order valence-corrected chi connectivity index (χ2v) is 10.2. The number of benzene rings is 2. The van der Waals surface area contributed by atoms with Gasteiger partial charge in [-0.25, -0.2) is 13.6 Å². The van der Waals surface area contributed by atoms with Crippen LogP contribution in [0.4, 0.5) is 8.78 Å². The first-order valence-corrected chi connectivity index (χ1v) is 13.3. The Morgan fingerprint density at radius 2 is 1.90 bits per heavy atom. The smallest absolute Gasteiger partial charge is 0.335 e. The number of aliphatic hydroxyl groups is 1. The third-order valence-electron chi connectivity index (χ3n) is 7.83. The van der Waals surface area contributed by atoms with E-state index in [1.807, 2.05) is 37.3 Å². The molecule has 2 aromatic carbocycles. The molecular formula is C29H33F2N5O4. The molecule has 0 aromatic heterocycles. The van der Waals surface area contributed by atoms with Crippen LogP contribution in [-0.4, -0.2) is 59.0 Å². The van der Waals surface area contributed by atoms with Crippen molar-refractivity contribution in [3.05, 3.63) is 82.6 Å². The summed E-state index contributed by atoms with van der Waals surface area (Å²) in [6.45, 7) is 2.58. The van der Waals surface area contributed by atoms with Gasteiger partial charge in [-0.1, -0.05) is 43.3 Å². The summed E-state index contributed by atoms with van der Waals surface area (Å²) in [5.41, 5.74) is 0.0621. The Morgan fingerprint density at radius 1 is 1.20 bits per heavy atom. The Hall–Kier alpha value is -3.85. The highest BCUT2D eigenvalue weighted by Gasteiger charge is 2.39. The minimum absolute atomic E-state index is 0.206. The molecule has 0 spiro atoms. The topological polar surface area (TPSA) is 138 Å². The lowest BCUT2D eigenvalue weighted by molar-refractivity contribution is -0.133. The van der Waals surface area contributed by atoms with E-state index >= 15 is 4.39 Å². The van der Waals surface area contributed by atoms with E-state index in [1.165, 1.54) is 12.1 Å². The van der Waals surface area contributed by atoms with Gasteiger partial charge in [-0.05, 0) is 37.3 Å². The van der Waals surface area contributed by atoms with Gasteiger partial charge in [0.1, 0.15) is 17.3 Å². The molecule has 1 fully saturated rings. The number of rotatable bonds is 9. The van der Waals surface area contributed by atoms with E-state index in [9.17, 15) is 29.5 Å². The minimum atomic E-state index is -1.30. The van der Waals surface area contributed by atoms with Gasteiger partial charge in [0.05, 0.1) is 17.1 Å². The van der Waals surface area contributed by atoms with Crippen molar-refractivity contribution in [1.82, 2.24) is 20.9 Å². The SMILES string of the molecule is CCC(CC(c1ccc(F)cc1F)N1CCC(C#N)(c2ccccc2)CC1)NC(=O)C1=C(C(=O)O)CNC(O)N1. The summed E-state index contributed by atoms with van der Waals surface area (Å²) in [7, 11) is 0. The zero-order valence-corrected chi connectivity index (χ0v) is 22.2. The number of carboxylic acid groups (broad SMARTS) is 1. The summed E-state index contributed by atoms with van der Waals surface area (Å²) in [5, 5.41) is 37.3. The number of carbonyl (C=O) groups is 2. The van der Waals surface area contributed by atoms with E-state index < -0.39 is 47.4 Å². The van der Waals surface area contributed by atoms with E-state index in [4.69, 9.17) is 0 Å². The highest BCUT2D eigenvalue weighted by atomic mass is 19.1. The van der Waals surface area contributed by atoms with E-state index in [1.54, 1.807) is 0 Å². The number of carboxylic acids is 1. The van der Waals surface area contributed by atoms with Gasteiger partial charge in [0.25, 0.3) is 5.91 Å². The van der Waals surface area contributed by atoms with Crippen molar-refractivity contribution in [2.45, 2.75) is 56.5 Å². The number of piperidine rings is 1. The van der Waals surface area contributed by atoms with Gasteiger partial charge in [-0.2, -0.15) is 5.26 Å². The molecule has 11 heteroatoms. The van der Waals surface area contributed by atoms with Crippen molar-refractivity contribution in [3.63, 3.8) is 0 Å². The van der Waals surface area contributed by atoms with Gasteiger partial charge in [-0.3, -0.25) is 15.0 Å². The van der Waals surface area contributed by atoms with Gasteiger partial charge in [0.15, 0.2) is 6.35 Å². The van der Waals surface area contributed by atoms with E-state index in [0.717, 1.165) is 11.6 Å². The highest BCUT2D eigenvalue weighted by molar-refractivity contribution is 6.02. The van der Waals surface area contributed by atoms with E-state index in [2.05, 4.69) is 26.9 Å². The van der Waals surface area contributed by atoms with Crippen molar-refractivity contribution in [2.75, 3.05) is 19.6 Å². The Balaban J connectivity index is 1.58. The second-order valence-electron chi connectivity index (χ2n) is 10.2. The van der Waals surface area contributed by atoms with Crippen LogP contribution in [0.5, 0.6) is 0 Å². The molecule has 0 aliphatic carbocycles. The predicted molar refractivity (Wildman–Crippen MR) is 142 cm³/mol. The van der Waals surface area contributed by atoms with Gasteiger partial charge < -0.3 is 20.8 Å². The fourth-order valence-electron chi connectivity index (χ4n) is 5.49. The molecule has 1 amide bonds. The zero-order chi connectivity index (χ0) is 28.9. The molecule has 0 saturated carbocycles. The lowest BCUT2D eigenvalue weighted by Crippen LogP contribution is -2.53. The minimum Gasteiger partial charge on any atom is -0.478 e. The highest BCUT2D eigenvalue weighted by Crippen LogP contribution is 2.39. The zero-order valence-electron chi connectivity index (χ0n) is 22.2. The fourth-order valence-corrected chi connectivity index (χ4v) is 5.49. The van der Waals surface area contributed by atoms with Crippen molar-refractivity contribution in [2.24, 2.45) is 0 Å². The Morgan fingerprint density at radius 3 is 2.50 bits per heavy atom. The number of hydrogen-bond acceptors (Lipinski definition) is 7. The summed E-state index contributed by atoms with van der Waals surface area (Å²) in [5.74, 6) is -3.40. The first-order valence-electron chi connectivity index (χ1n) is 13.3. The molecule has 5 N–H and O–H groups in total. The maximum Gasteiger partial charge on any atom is 0.335 e. The van der Waals surface area contributed by atoms with Crippen molar-refractivity contribution in [1.29, 1.82) is 5.26 Å². The van der Waals surface area contributed by atoms with Crippen molar-refractivity contribution >= 4 is 11.9 Å². The number of amides is 1. The number of aliphatic carboxylic acids is 1. The number of nitriles is 1. The molecule has 0 radical (unpaired) electrons. The fraction of sp³-hybridized carbons (Fsp3) is 0.414. The van der Waals surface area contributed by atoms with Gasteiger partial charge in [-0.15, -0.1) is 0 Å². The number of nitrogens with one attached hydrogen (secondary N) is 3. The van der Waals surface area contributed by atoms with Crippen LogP contribution in [-0.2, 0) is 15.0 Å². The molecule has 2 heterocycles. The number of likely N-dealkylation sites (tertiary alicyclic amines) is 1. The molecule has 2 aliphatic heterocycles. The molecule has 3 atom stereocenters. The number of carbonyl (C=O) groups excluding carboxylic acids is 1. The maximum atomic E-state index is 15.1. The molecule has 3 unspecified atom stereocenters. The largest absolute Gasteiger partial charge is 0.478 e. The van der Waals surface area contributed by atoms with Crippen LogP contribution in [0.25, 0.3) is 0 Å². The summed E-state index contributed by atoms with van der Waals surface area (Å²) in [4.78, 5) is 26.8. The maximum absolute atomic E-state index is 15.1. The average molecular weight is 554 g/mol. The summed E-state index contributed by atoms with van der Waals surface area (Å²) < 4.78 is 28.9. The molecule has 2 aromatic rings. The summed E-state index contributed by atoms with van der Waals surface area (Å²) in [6.07, 6.45) is 0.441. The Bertz CT molecular complexity index is 1310. The quantitative estimate of drug-likeness (QED) is 0.320. The van der Waals surface area contributed by atoms with Crippen LogP contribution in [0.1, 0.15) is 49.8 Å². The first kappa shape index (κ1) is 29.1. The third-order valence-corrected chi connectivity index (χ3v) is 7.83. The number of halogens is 2. The van der Waals surface area contributed by atoms with Crippen molar-refractivity contribution in [3.8, 4) is 6.07 Å². The Kier molecular flexibility index (Phi) is 9.14. The van der Waals surface area contributed by atoms with Crippen LogP contribution in [0.3, 0.4) is 0 Å². The van der Waals surface area contributed by atoms with Crippen LogP contribution in [0.15, 0.2) is 59.8 Å². The Labute approximate surface area is 231 Å². The van der Waals surface area contributed by atoms with Crippen LogP contribution >= 0.6 is 0 Å². The third kappa shape index (κ3) is 6.31. The number of aliphatic hydroxyl groups excluding tert-OH is 1. The first-order chi connectivity index (χ1) is 19.2. The molecule has 1 saturated heterocycles. The summed E-state index contributed by atoms with van der Waals surface area (Å²) in [6, 6.07) is 14.4. The molecule has 2 aliphatic rings. The lowest BCUT2D eigenvalue weighted by Gasteiger charge is -2.42. The van der Waals surface area contributed by atoms with E-state index in [0.29, 0.717) is 32.4 Å². The summed E-state index contributed by atoms with van der Waals surface area (Å²) >= 11 is 0. The average Bonchev–Trinajstić information content (AvgIpc) is 2.96. The molecule has 212 valence electrons. The lowest BCUT2D eigenvalue weighted by atomic mass is 9.73. The molecular weight excluding hydrogens is 520 g/mol. The van der Waals surface area contributed by atoms with E-state index in [-0.39, 0.29) is 29.8 Å². The van der Waals surface area contributed by atoms with Crippen molar-refractivity contribution < 1.29 is 28.6 Å². The normalized spacial score (nSPS) is 20.6.